The van der Waals surface area contributed by atoms with E-state index < -0.39 is 0 Å². The smallest absolute Gasteiger partial charge is 0.302 e. The molecule has 4 nitrogen and oxygen atoms in total. The predicted octanol–water partition coefficient (Wildman–Crippen LogP) is 5.23. The highest BCUT2D eigenvalue weighted by atomic mass is 16.5. The van der Waals surface area contributed by atoms with Gasteiger partial charge in [0, 0.05) is 25.5 Å². The number of hydrogen-bond donors (Lipinski definition) is 1. The third-order valence-electron chi connectivity index (χ3n) is 9.65. The van der Waals surface area contributed by atoms with Crippen LogP contribution in [0.2, 0.25) is 0 Å². The van der Waals surface area contributed by atoms with Crippen molar-refractivity contribution in [3.05, 3.63) is 11.1 Å². The summed E-state index contributed by atoms with van der Waals surface area (Å²) in [7, 11) is 0. The summed E-state index contributed by atoms with van der Waals surface area (Å²) in [5, 5.41) is 9.26. The van der Waals surface area contributed by atoms with E-state index in [0.717, 1.165) is 51.4 Å². The fraction of sp³-hybridized carbons (Fsp3) is 0.846. The van der Waals surface area contributed by atoms with E-state index in [-0.39, 0.29) is 29.5 Å². The maximum absolute atomic E-state index is 13.3. The fourth-order valence-electron chi connectivity index (χ4n) is 8.11. The molecule has 3 fully saturated rings. The van der Waals surface area contributed by atoms with E-state index in [0.29, 0.717) is 35.9 Å². The van der Waals surface area contributed by atoms with Crippen molar-refractivity contribution < 1.29 is 19.4 Å². The summed E-state index contributed by atoms with van der Waals surface area (Å²) >= 11 is 0. The average molecular weight is 417 g/mol. The second-order valence-corrected chi connectivity index (χ2v) is 11.2. The number of ketones is 1. The molecule has 0 aliphatic heterocycles. The van der Waals surface area contributed by atoms with E-state index in [4.69, 9.17) is 4.74 Å². The molecule has 0 spiro atoms. The minimum Gasteiger partial charge on any atom is -0.463 e. The van der Waals surface area contributed by atoms with Crippen LogP contribution in [0.3, 0.4) is 0 Å². The Kier molecular flexibility index (Phi) is 5.93. The number of aliphatic hydroxyl groups is 1. The number of allylic oxidation sites excluding steroid dienone is 2. The van der Waals surface area contributed by atoms with Gasteiger partial charge in [-0.1, -0.05) is 26.3 Å². The lowest BCUT2D eigenvalue weighted by atomic mass is 9.48. The van der Waals surface area contributed by atoms with Gasteiger partial charge in [-0.2, -0.15) is 0 Å². The molecule has 0 aromatic carbocycles. The van der Waals surface area contributed by atoms with Crippen molar-refractivity contribution in [2.45, 2.75) is 98.0 Å². The number of Topliss-reactive ketones (excluding diaryl/α,β-unsaturated/α-hetero) is 1. The molecule has 0 aromatic rings. The normalized spacial score (nSPS) is 41.7. The zero-order chi connectivity index (χ0) is 21.7. The van der Waals surface area contributed by atoms with Crippen LogP contribution in [0.4, 0.5) is 0 Å². The Labute approximate surface area is 181 Å². The molecule has 0 saturated heterocycles. The summed E-state index contributed by atoms with van der Waals surface area (Å²) in [5.74, 6) is 2.26. The van der Waals surface area contributed by atoms with E-state index in [1.807, 2.05) is 0 Å². The quantitative estimate of drug-likeness (QED) is 0.624. The van der Waals surface area contributed by atoms with Gasteiger partial charge in [0.25, 0.3) is 0 Å². The van der Waals surface area contributed by atoms with Gasteiger partial charge in [0.05, 0.1) is 0 Å². The van der Waals surface area contributed by atoms with Gasteiger partial charge in [0.2, 0.25) is 0 Å². The van der Waals surface area contributed by atoms with Crippen LogP contribution in [0.5, 0.6) is 0 Å². The van der Waals surface area contributed by atoms with Crippen molar-refractivity contribution in [2.24, 2.45) is 34.5 Å². The van der Waals surface area contributed by atoms with Gasteiger partial charge >= 0.3 is 5.97 Å². The second-order valence-electron chi connectivity index (χ2n) is 11.2. The average Bonchev–Trinajstić information content (AvgIpc) is 2.97. The number of esters is 1. The van der Waals surface area contributed by atoms with Gasteiger partial charge in [0.1, 0.15) is 6.10 Å². The van der Waals surface area contributed by atoms with Gasteiger partial charge in [0.15, 0.2) is 5.78 Å². The first-order chi connectivity index (χ1) is 14.2. The number of fused-ring (bicyclic) bond motifs is 4. The van der Waals surface area contributed by atoms with Crippen LogP contribution in [0.25, 0.3) is 0 Å². The Hall–Kier alpha value is -1.16. The zero-order valence-electron chi connectivity index (χ0n) is 19.3. The Morgan fingerprint density at radius 1 is 1.23 bits per heavy atom. The van der Waals surface area contributed by atoms with Crippen LogP contribution in [0.15, 0.2) is 11.1 Å². The van der Waals surface area contributed by atoms with Crippen LogP contribution in [0, 0.1) is 34.5 Å². The fourth-order valence-corrected chi connectivity index (χ4v) is 8.11. The molecule has 4 aliphatic rings. The molecular weight excluding hydrogens is 376 g/mol. The highest BCUT2D eigenvalue weighted by Crippen LogP contribution is 2.65. The van der Waals surface area contributed by atoms with Crippen molar-refractivity contribution >= 4 is 11.8 Å². The van der Waals surface area contributed by atoms with Crippen LogP contribution >= 0.6 is 0 Å². The van der Waals surface area contributed by atoms with Gasteiger partial charge in [-0.05, 0) is 92.3 Å². The highest BCUT2D eigenvalue weighted by molar-refractivity contribution is 6.00. The summed E-state index contributed by atoms with van der Waals surface area (Å²) in [6, 6.07) is 0. The van der Waals surface area contributed by atoms with Crippen LogP contribution < -0.4 is 0 Å². The van der Waals surface area contributed by atoms with Gasteiger partial charge in [-0.25, -0.2) is 0 Å². The van der Waals surface area contributed by atoms with E-state index in [1.54, 1.807) is 0 Å². The lowest BCUT2D eigenvalue weighted by Gasteiger charge is -2.56. The number of carbonyl (C=O) groups excluding carboxylic acids is 2. The third-order valence-corrected chi connectivity index (χ3v) is 9.65. The molecule has 0 bridgehead atoms. The molecule has 4 rings (SSSR count). The standard InChI is InChI=1S/C26H40O4/c1-16(6-5-13-27)22-15-23(29)24-20-8-7-18-14-19(30-17(2)28)9-11-25(18,3)21(20)10-12-26(22,24)4/h16,18-19,21-22,27H,5-15H2,1-4H3/t16-,18?,19+,21+,22-,25+,26-/m1/s1. The Balaban J connectivity index is 1.60. The number of aliphatic hydroxyl groups excluding tert-OH is 1. The van der Waals surface area contributed by atoms with Crippen molar-refractivity contribution in [3.63, 3.8) is 0 Å². The molecule has 1 unspecified atom stereocenters. The number of ether oxygens (including phenoxy) is 1. The molecule has 30 heavy (non-hydrogen) atoms. The number of hydrogen-bond acceptors (Lipinski definition) is 4. The predicted molar refractivity (Wildman–Crippen MR) is 117 cm³/mol. The van der Waals surface area contributed by atoms with Gasteiger partial charge < -0.3 is 9.84 Å². The summed E-state index contributed by atoms with van der Waals surface area (Å²) in [6.07, 6.45) is 10.1. The number of rotatable bonds is 5. The van der Waals surface area contributed by atoms with E-state index in [9.17, 15) is 14.7 Å². The molecular formula is C26H40O4. The van der Waals surface area contributed by atoms with Crippen LogP contribution in [-0.2, 0) is 14.3 Å². The third kappa shape index (κ3) is 3.47. The minimum atomic E-state index is -0.159. The van der Waals surface area contributed by atoms with Crippen molar-refractivity contribution in [1.82, 2.24) is 0 Å². The van der Waals surface area contributed by atoms with Gasteiger partial charge in [-0.3, -0.25) is 9.59 Å². The summed E-state index contributed by atoms with van der Waals surface area (Å²) in [4.78, 5) is 24.8. The molecule has 168 valence electrons. The molecule has 1 N–H and O–H groups in total. The summed E-state index contributed by atoms with van der Waals surface area (Å²) in [6.45, 7) is 8.86. The molecule has 4 heteroatoms. The van der Waals surface area contributed by atoms with E-state index >= 15 is 0 Å². The first kappa shape index (κ1) is 22.0. The van der Waals surface area contributed by atoms with Crippen molar-refractivity contribution in [1.29, 1.82) is 0 Å². The van der Waals surface area contributed by atoms with Crippen LogP contribution in [-0.4, -0.2) is 29.6 Å². The lowest BCUT2D eigenvalue weighted by Crippen LogP contribution is -2.49. The zero-order valence-corrected chi connectivity index (χ0v) is 19.3. The van der Waals surface area contributed by atoms with Crippen molar-refractivity contribution in [3.8, 4) is 0 Å². The summed E-state index contributed by atoms with van der Waals surface area (Å²) < 4.78 is 5.57. The first-order valence-electron chi connectivity index (χ1n) is 12.3. The Bertz CT molecular complexity index is 739. The molecule has 7 atom stereocenters. The second kappa shape index (κ2) is 8.07. The molecule has 0 amide bonds. The topological polar surface area (TPSA) is 63.6 Å². The number of carbonyl (C=O) groups is 2. The Morgan fingerprint density at radius 2 is 2.00 bits per heavy atom. The maximum atomic E-state index is 13.3. The molecule has 0 heterocycles. The monoisotopic (exact) mass is 416 g/mol. The first-order valence-corrected chi connectivity index (χ1v) is 12.3. The van der Waals surface area contributed by atoms with E-state index in [1.165, 1.54) is 24.5 Å². The Morgan fingerprint density at radius 3 is 2.70 bits per heavy atom. The molecule has 0 aromatic heterocycles. The minimum absolute atomic E-state index is 0.0237. The molecule has 3 saturated carbocycles. The largest absolute Gasteiger partial charge is 0.463 e. The van der Waals surface area contributed by atoms with Crippen molar-refractivity contribution in [2.75, 3.05) is 6.61 Å². The highest BCUT2D eigenvalue weighted by Gasteiger charge is 2.58. The molecule has 4 aliphatic carbocycles. The van der Waals surface area contributed by atoms with E-state index in [2.05, 4.69) is 20.8 Å². The SMILES string of the molecule is CC(=O)O[C@H]1CC[C@@]2(C)C(CCC3=C4C(=O)C[C@H]([C@H](C)CCCO)[C@@]4(C)CC[C@@H]32)C1. The lowest BCUT2D eigenvalue weighted by molar-refractivity contribution is -0.152. The van der Waals surface area contributed by atoms with Crippen LogP contribution in [0.1, 0.15) is 91.9 Å². The molecule has 0 radical (unpaired) electrons. The summed E-state index contributed by atoms with van der Waals surface area (Å²) in [5.41, 5.74) is 2.96. The maximum Gasteiger partial charge on any atom is 0.302 e. The van der Waals surface area contributed by atoms with Gasteiger partial charge in [-0.15, -0.1) is 0 Å².